The molecule has 0 saturated carbocycles. The fraction of sp³-hybridized carbons (Fsp3) is 0.591. The molecule has 0 bridgehead atoms. The minimum Gasteiger partial charge on any atom is -0.357 e. The molecular weight excluding hydrogens is 398 g/mol. The predicted molar refractivity (Wildman–Crippen MR) is 120 cm³/mol. The van der Waals surface area contributed by atoms with Crippen molar-refractivity contribution in [3.63, 3.8) is 0 Å². The number of carbonyl (C=O) groups is 2. The van der Waals surface area contributed by atoms with Crippen LogP contribution in [0.1, 0.15) is 54.8 Å². The highest BCUT2D eigenvalue weighted by Gasteiger charge is 2.34. The maximum atomic E-state index is 13.3. The van der Waals surface area contributed by atoms with Gasteiger partial charge in [0.05, 0.1) is 5.69 Å². The second kappa shape index (κ2) is 9.31. The van der Waals surface area contributed by atoms with E-state index in [1.54, 1.807) is 18.4 Å². The van der Waals surface area contributed by atoms with Crippen LogP contribution in [0.5, 0.6) is 0 Å². The first-order valence-electron chi connectivity index (χ1n) is 10.5. The quantitative estimate of drug-likeness (QED) is 0.736. The summed E-state index contributed by atoms with van der Waals surface area (Å²) in [4.78, 5) is 32.7. The van der Waals surface area contributed by atoms with E-state index < -0.39 is 11.5 Å². The summed E-state index contributed by atoms with van der Waals surface area (Å²) >= 11 is 1.70. The number of nitrogens with zero attached hydrogens (tertiary/aromatic N) is 3. The van der Waals surface area contributed by atoms with Crippen molar-refractivity contribution >= 4 is 23.2 Å². The minimum atomic E-state index is -0.634. The van der Waals surface area contributed by atoms with Gasteiger partial charge >= 0.3 is 0 Å². The van der Waals surface area contributed by atoms with Crippen molar-refractivity contribution in [1.29, 1.82) is 0 Å². The van der Waals surface area contributed by atoms with Gasteiger partial charge in [0.25, 0.3) is 5.91 Å². The topological polar surface area (TPSA) is 79.3 Å². The van der Waals surface area contributed by atoms with E-state index in [4.69, 9.17) is 4.98 Å². The first-order chi connectivity index (χ1) is 14.2. The van der Waals surface area contributed by atoms with E-state index in [1.807, 2.05) is 20.8 Å². The van der Waals surface area contributed by atoms with Crippen molar-refractivity contribution in [1.82, 2.24) is 25.1 Å². The maximum absolute atomic E-state index is 13.3. The number of likely N-dealkylation sites (N-methyl/N-ethyl adjacent to an activating group) is 1. The van der Waals surface area contributed by atoms with Crippen LogP contribution < -0.4 is 10.6 Å². The van der Waals surface area contributed by atoms with Gasteiger partial charge in [0.2, 0.25) is 5.91 Å². The molecule has 3 heterocycles. The summed E-state index contributed by atoms with van der Waals surface area (Å²) < 4.78 is 2.22. The lowest BCUT2D eigenvalue weighted by Gasteiger charge is -2.29. The summed E-state index contributed by atoms with van der Waals surface area (Å²) in [6.45, 7) is 8.35. The molecule has 1 aliphatic rings. The average molecular weight is 432 g/mol. The molecule has 0 aliphatic carbocycles. The molecule has 1 atom stereocenters. The molecule has 164 valence electrons. The second-order valence-electron chi connectivity index (χ2n) is 9.08. The molecule has 0 unspecified atom stereocenters. The molecule has 0 fully saturated rings. The molecule has 30 heavy (non-hydrogen) atoms. The number of fused-ring (bicyclic) bond motifs is 1. The Morgan fingerprint density at radius 3 is 2.67 bits per heavy atom. The lowest BCUT2D eigenvalue weighted by Crippen LogP contribution is -2.53. The summed E-state index contributed by atoms with van der Waals surface area (Å²) in [5.74, 6) is 0.471. The number of carbonyl (C=O) groups excluding carboxylic acids is 2. The molecule has 0 aromatic carbocycles. The standard InChI is InChI=1S/C22H33N5O2S/c1-22(2,3)19(21(29)23-4)25-20(28)18-16-13-26(5)10-6-11-27(16)17(24-18)8-7-15-9-12-30-14-15/h9,12,14,19H,6-8,10-11,13H2,1-5H3,(H,23,29)(H,25,28)/t19-/m1/s1. The van der Waals surface area contributed by atoms with Crippen LogP contribution in [0.15, 0.2) is 16.8 Å². The number of amides is 2. The fourth-order valence-corrected chi connectivity index (χ4v) is 4.58. The SMILES string of the molecule is CNC(=O)[C@@H](NC(=O)c1nc(CCc2ccsc2)n2c1CN(C)CCC2)C(C)(C)C. The fourth-order valence-electron chi connectivity index (χ4n) is 3.88. The Morgan fingerprint density at radius 1 is 1.27 bits per heavy atom. The summed E-state index contributed by atoms with van der Waals surface area (Å²) in [5, 5.41) is 9.85. The third-order valence-corrected chi connectivity index (χ3v) is 6.31. The van der Waals surface area contributed by atoms with Crippen molar-refractivity contribution in [3.8, 4) is 0 Å². The lowest BCUT2D eigenvalue weighted by atomic mass is 9.86. The summed E-state index contributed by atoms with van der Waals surface area (Å²) in [5.41, 5.74) is 2.27. The highest BCUT2D eigenvalue weighted by molar-refractivity contribution is 7.07. The highest BCUT2D eigenvalue weighted by Crippen LogP contribution is 2.23. The predicted octanol–water partition coefficient (Wildman–Crippen LogP) is 2.46. The van der Waals surface area contributed by atoms with E-state index in [-0.39, 0.29) is 11.8 Å². The van der Waals surface area contributed by atoms with E-state index in [0.717, 1.165) is 43.9 Å². The van der Waals surface area contributed by atoms with Crippen LogP contribution in [0.4, 0.5) is 0 Å². The maximum Gasteiger partial charge on any atom is 0.272 e. The van der Waals surface area contributed by atoms with Crippen molar-refractivity contribution in [2.75, 3.05) is 20.6 Å². The summed E-state index contributed by atoms with van der Waals surface area (Å²) in [6.07, 6.45) is 2.72. The zero-order valence-electron chi connectivity index (χ0n) is 18.6. The van der Waals surface area contributed by atoms with Crippen LogP contribution >= 0.6 is 11.3 Å². The van der Waals surface area contributed by atoms with Crippen LogP contribution in [0, 0.1) is 5.41 Å². The Balaban J connectivity index is 1.90. The van der Waals surface area contributed by atoms with Gasteiger partial charge in [-0.25, -0.2) is 4.98 Å². The van der Waals surface area contributed by atoms with Gasteiger partial charge < -0.3 is 20.1 Å². The Labute approximate surface area is 182 Å². The third-order valence-electron chi connectivity index (χ3n) is 5.58. The average Bonchev–Trinajstić information content (AvgIpc) is 3.27. The Kier molecular flexibility index (Phi) is 6.98. The molecule has 2 aromatic rings. The Hall–Kier alpha value is -2.19. The van der Waals surface area contributed by atoms with Crippen molar-refractivity contribution < 1.29 is 9.59 Å². The van der Waals surface area contributed by atoms with Gasteiger partial charge in [0.15, 0.2) is 5.69 Å². The number of imidazole rings is 1. The van der Waals surface area contributed by atoms with Gasteiger partial charge in [-0.2, -0.15) is 11.3 Å². The van der Waals surface area contributed by atoms with E-state index in [2.05, 4.69) is 44.0 Å². The number of aryl methyl sites for hydroxylation is 2. The van der Waals surface area contributed by atoms with Crippen LogP contribution in [-0.2, 0) is 30.7 Å². The van der Waals surface area contributed by atoms with E-state index in [0.29, 0.717) is 12.2 Å². The molecule has 8 heteroatoms. The van der Waals surface area contributed by atoms with Gasteiger partial charge in [-0.15, -0.1) is 0 Å². The first-order valence-corrected chi connectivity index (χ1v) is 11.5. The molecule has 1 aliphatic heterocycles. The smallest absolute Gasteiger partial charge is 0.272 e. The van der Waals surface area contributed by atoms with E-state index in [1.165, 1.54) is 5.56 Å². The molecule has 2 amide bonds. The lowest BCUT2D eigenvalue weighted by molar-refractivity contribution is -0.124. The zero-order valence-corrected chi connectivity index (χ0v) is 19.4. The molecule has 7 nitrogen and oxygen atoms in total. The first kappa shape index (κ1) is 22.5. The normalized spacial score (nSPS) is 15.9. The van der Waals surface area contributed by atoms with E-state index >= 15 is 0 Å². The van der Waals surface area contributed by atoms with Crippen LogP contribution in [-0.4, -0.2) is 52.9 Å². The number of hydrogen-bond donors (Lipinski definition) is 2. The van der Waals surface area contributed by atoms with Gasteiger partial charge in [0.1, 0.15) is 11.9 Å². The van der Waals surface area contributed by atoms with Gasteiger partial charge in [-0.3, -0.25) is 9.59 Å². The van der Waals surface area contributed by atoms with Gasteiger partial charge in [0, 0.05) is 26.6 Å². The van der Waals surface area contributed by atoms with E-state index in [9.17, 15) is 9.59 Å². The van der Waals surface area contributed by atoms with Crippen molar-refractivity contribution in [2.24, 2.45) is 5.41 Å². The number of aromatic nitrogens is 2. The Morgan fingerprint density at radius 2 is 2.03 bits per heavy atom. The molecule has 3 rings (SSSR count). The number of nitrogens with one attached hydrogen (secondary N) is 2. The van der Waals surface area contributed by atoms with Crippen LogP contribution in [0.2, 0.25) is 0 Å². The number of hydrogen-bond acceptors (Lipinski definition) is 5. The summed E-state index contributed by atoms with van der Waals surface area (Å²) in [7, 11) is 3.66. The number of rotatable bonds is 6. The molecular formula is C22H33N5O2S. The largest absolute Gasteiger partial charge is 0.357 e. The second-order valence-corrected chi connectivity index (χ2v) is 9.86. The van der Waals surface area contributed by atoms with Crippen LogP contribution in [0.3, 0.4) is 0 Å². The van der Waals surface area contributed by atoms with Gasteiger partial charge in [-0.05, 0) is 54.2 Å². The monoisotopic (exact) mass is 431 g/mol. The number of thiophene rings is 1. The van der Waals surface area contributed by atoms with Crippen LogP contribution in [0.25, 0.3) is 0 Å². The molecule has 0 saturated heterocycles. The van der Waals surface area contributed by atoms with Crippen molar-refractivity contribution in [2.45, 2.75) is 59.2 Å². The zero-order chi connectivity index (χ0) is 21.9. The molecule has 2 aromatic heterocycles. The van der Waals surface area contributed by atoms with Crippen molar-refractivity contribution in [3.05, 3.63) is 39.6 Å². The molecule has 2 N–H and O–H groups in total. The molecule has 0 spiro atoms. The Bertz CT molecular complexity index is 882. The third kappa shape index (κ3) is 5.10. The molecule has 0 radical (unpaired) electrons. The minimum absolute atomic E-state index is 0.198. The van der Waals surface area contributed by atoms with Gasteiger partial charge in [-0.1, -0.05) is 20.8 Å². The highest BCUT2D eigenvalue weighted by atomic mass is 32.1. The summed E-state index contributed by atoms with van der Waals surface area (Å²) in [6, 6.07) is 1.50.